The number of fused-ring (bicyclic) bond motifs is 1. The summed E-state index contributed by atoms with van der Waals surface area (Å²) in [5.74, 6) is 0.836. The Hall–Kier alpha value is -2.59. The van der Waals surface area contributed by atoms with Crippen LogP contribution >= 0.6 is 0 Å². The third kappa shape index (κ3) is 4.14. The summed E-state index contributed by atoms with van der Waals surface area (Å²) in [6.45, 7) is 8.81. The molecule has 0 amide bonds. The maximum Gasteiger partial charge on any atom is 0.119 e. The minimum absolute atomic E-state index is 0.0246. The van der Waals surface area contributed by atoms with Crippen molar-refractivity contribution in [3.05, 3.63) is 59.3 Å². The summed E-state index contributed by atoms with van der Waals surface area (Å²) in [6, 6.07) is 14.4. The van der Waals surface area contributed by atoms with E-state index in [1.54, 1.807) is 7.11 Å². The van der Waals surface area contributed by atoms with Crippen LogP contribution in [0.5, 0.6) is 5.75 Å². The Morgan fingerprint density at radius 2 is 1.77 bits per heavy atom. The van der Waals surface area contributed by atoms with E-state index in [1.165, 1.54) is 11.1 Å². The molecule has 0 aliphatic heterocycles. The molecule has 0 saturated carbocycles. The van der Waals surface area contributed by atoms with Gasteiger partial charge in [0.25, 0.3) is 0 Å². The second-order valence-electron chi connectivity index (χ2n) is 6.82. The molecule has 0 saturated heterocycles. The first-order valence-corrected chi connectivity index (χ1v) is 8.87. The molecule has 136 valence electrons. The van der Waals surface area contributed by atoms with Crippen LogP contribution in [-0.4, -0.2) is 24.8 Å². The summed E-state index contributed by atoms with van der Waals surface area (Å²) in [6.07, 6.45) is 0.0246. The summed E-state index contributed by atoms with van der Waals surface area (Å²) < 4.78 is 10.9. The van der Waals surface area contributed by atoms with Crippen molar-refractivity contribution >= 4 is 22.3 Å². The number of aryl methyl sites for hydroxylation is 3. The fraction of sp³-hybridized carbons (Fsp3) is 0.318. The fourth-order valence-electron chi connectivity index (χ4n) is 3.19. The average molecular weight is 350 g/mol. The lowest BCUT2D eigenvalue weighted by Crippen LogP contribution is -2.17. The van der Waals surface area contributed by atoms with E-state index in [0.717, 1.165) is 33.7 Å². The Morgan fingerprint density at radius 1 is 1.04 bits per heavy atom. The van der Waals surface area contributed by atoms with Gasteiger partial charge in [-0.1, -0.05) is 11.6 Å². The van der Waals surface area contributed by atoms with Gasteiger partial charge in [-0.2, -0.15) is 0 Å². The maximum atomic E-state index is 5.82. The highest BCUT2D eigenvalue weighted by Gasteiger charge is 2.08. The lowest BCUT2D eigenvalue weighted by atomic mass is 10.0. The minimum atomic E-state index is 0.0246. The van der Waals surface area contributed by atoms with Gasteiger partial charge in [-0.15, -0.1) is 0 Å². The second kappa shape index (κ2) is 7.75. The van der Waals surface area contributed by atoms with Crippen molar-refractivity contribution in [2.24, 2.45) is 0 Å². The Kier molecular flexibility index (Phi) is 5.43. The van der Waals surface area contributed by atoms with Gasteiger partial charge in [0.2, 0.25) is 0 Å². The summed E-state index contributed by atoms with van der Waals surface area (Å²) in [7, 11) is 1.68. The quantitative estimate of drug-likeness (QED) is 0.653. The number of aromatic nitrogens is 1. The van der Waals surface area contributed by atoms with Crippen molar-refractivity contribution in [2.75, 3.05) is 19.0 Å². The number of anilines is 2. The molecule has 0 spiro atoms. The van der Waals surface area contributed by atoms with Gasteiger partial charge in [-0.05, 0) is 69.7 Å². The van der Waals surface area contributed by atoms with Crippen molar-refractivity contribution in [3.63, 3.8) is 0 Å². The first kappa shape index (κ1) is 18.2. The molecule has 1 N–H and O–H groups in total. The van der Waals surface area contributed by atoms with Crippen LogP contribution in [0.4, 0.5) is 11.4 Å². The summed E-state index contributed by atoms with van der Waals surface area (Å²) in [5, 5.41) is 4.67. The number of pyridine rings is 1. The van der Waals surface area contributed by atoms with E-state index < -0.39 is 0 Å². The van der Waals surface area contributed by atoms with Crippen molar-refractivity contribution in [3.8, 4) is 5.75 Å². The van der Waals surface area contributed by atoms with Gasteiger partial charge in [0.05, 0.1) is 12.1 Å². The number of benzene rings is 2. The monoisotopic (exact) mass is 350 g/mol. The number of nitrogens with one attached hydrogen (secondary N) is 1. The predicted octanol–water partition coefficient (Wildman–Crippen LogP) is 5.32. The van der Waals surface area contributed by atoms with E-state index in [1.807, 2.05) is 38.1 Å². The van der Waals surface area contributed by atoms with Gasteiger partial charge in [0.15, 0.2) is 0 Å². The number of rotatable bonds is 6. The Labute approximate surface area is 155 Å². The fourth-order valence-corrected chi connectivity index (χ4v) is 3.19. The van der Waals surface area contributed by atoms with E-state index in [4.69, 9.17) is 14.5 Å². The molecule has 2 aromatic carbocycles. The van der Waals surface area contributed by atoms with Crippen LogP contribution < -0.4 is 10.1 Å². The van der Waals surface area contributed by atoms with Crippen molar-refractivity contribution in [1.82, 2.24) is 4.98 Å². The average Bonchev–Trinajstić information content (AvgIpc) is 2.58. The maximum absolute atomic E-state index is 5.82. The number of nitrogens with zero attached hydrogens (tertiary/aromatic N) is 1. The topological polar surface area (TPSA) is 43.4 Å². The SMILES string of the molecule is COC[C@@H](C)Oc1ccc(Nc2cc(C)nc3c(C)cc(C)cc23)cc1. The van der Waals surface area contributed by atoms with Crippen LogP contribution in [0.2, 0.25) is 0 Å². The third-order valence-electron chi connectivity index (χ3n) is 4.25. The highest BCUT2D eigenvalue weighted by atomic mass is 16.5. The van der Waals surface area contributed by atoms with Crippen LogP contribution in [0, 0.1) is 20.8 Å². The lowest BCUT2D eigenvalue weighted by Gasteiger charge is -2.15. The van der Waals surface area contributed by atoms with Crippen LogP contribution in [0.1, 0.15) is 23.7 Å². The molecule has 0 radical (unpaired) electrons. The summed E-state index contributed by atoms with van der Waals surface area (Å²) in [5.41, 5.74) is 6.57. The molecule has 4 nitrogen and oxygen atoms in total. The predicted molar refractivity (Wildman–Crippen MR) is 108 cm³/mol. The summed E-state index contributed by atoms with van der Waals surface area (Å²) in [4.78, 5) is 4.71. The molecule has 0 bridgehead atoms. The van der Waals surface area contributed by atoms with E-state index in [2.05, 4.69) is 37.4 Å². The molecule has 0 aliphatic rings. The van der Waals surface area contributed by atoms with Gasteiger partial charge in [0.1, 0.15) is 11.9 Å². The highest BCUT2D eigenvalue weighted by molar-refractivity contribution is 5.95. The van der Waals surface area contributed by atoms with Crippen LogP contribution in [0.25, 0.3) is 10.9 Å². The molecule has 3 rings (SSSR count). The Bertz CT molecular complexity index is 904. The van der Waals surface area contributed by atoms with E-state index in [-0.39, 0.29) is 6.10 Å². The molecule has 0 aliphatic carbocycles. The zero-order valence-electron chi connectivity index (χ0n) is 16.1. The molecule has 1 aromatic heterocycles. The first-order valence-electron chi connectivity index (χ1n) is 8.87. The molecule has 26 heavy (non-hydrogen) atoms. The van der Waals surface area contributed by atoms with Crippen molar-refractivity contribution in [2.45, 2.75) is 33.8 Å². The zero-order chi connectivity index (χ0) is 18.7. The second-order valence-corrected chi connectivity index (χ2v) is 6.82. The van der Waals surface area contributed by atoms with Gasteiger partial charge in [-0.3, -0.25) is 4.98 Å². The Morgan fingerprint density at radius 3 is 2.46 bits per heavy atom. The van der Waals surface area contributed by atoms with Gasteiger partial charge < -0.3 is 14.8 Å². The minimum Gasteiger partial charge on any atom is -0.488 e. The molecule has 0 fully saturated rings. The third-order valence-corrected chi connectivity index (χ3v) is 4.25. The standard InChI is InChI=1S/C22H26N2O2/c1-14-10-15(2)22-20(11-14)21(12-16(3)23-22)24-18-6-8-19(9-7-18)26-17(4)13-25-5/h6-12,17H,13H2,1-5H3,(H,23,24)/t17-/m1/s1. The van der Waals surface area contributed by atoms with Crippen molar-refractivity contribution < 1.29 is 9.47 Å². The van der Waals surface area contributed by atoms with E-state index in [9.17, 15) is 0 Å². The molecular weight excluding hydrogens is 324 g/mol. The molecule has 3 aromatic rings. The number of methoxy groups -OCH3 is 1. The number of hydrogen-bond acceptors (Lipinski definition) is 4. The van der Waals surface area contributed by atoms with E-state index in [0.29, 0.717) is 6.61 Å². The number of ether oxygens (including phenoxy) is 2. The van der Waals surface area contributed by atoms with Gasteiger partial charge >= 0.3 is 0 Å². The van der Waals surface area contributed by atoms with Crippen molar-refractivity contribution in [1.29, 1.82) is 0 Å². The summed E-state index contributed by atoms with van der Waals surface area (Å²) >= 11 is 0. The molecule has 0 unspecified atom stereocenters. The van der Waals surface area contributed by atoms with E-state index >= 15 is 0 Å². The lowest BCUT2D eigenvalue weighted by molar-refractivity contribution is 0.0921. The van der Waals surface area contributed by atoms with Crippen LogP contribution in [0.3, 0.4) is 0 Å². The number of hydrogen-bond donors (Lipinski definition) is 1. The van der Waals surface area contributed by atoms with Crippen LogP contribution in [0.15, 0.2) is 42.5 Å². The smallest absolute Gasteiger partial charge is 0.119 e. The molecule has 1 atom stereocenters. The normalized spacial score (nSPS) is 12.2. The van der Waals surface area contributed by atoms with Gasteiger partial charge in [-0.25, -0.2) is 0 Å². The first-order chi connectivity index (χ1) is 12.5. The van der Waals surface area contributed by atoms with Gasteiger partial charge in [0, 0.05) is 29.6 Å². The largest absolute Gasteiger partial charge is 0.488 e. The molecule has 1 heterocycles. The Balaban J connectivity index is 1.87. The van der Waals surface area contributed by atoms with Crippen LogP contribution in [-0.2, 0) is 4.74 Å². The highest BCUT2D eigenvalue weighted by Crippen LogP contribution is 2.30. The molecular formula is C22H26N2O2. The zero-order valence-corrected chi connectivity index (χ0v) is 16.1. The molecule has 4 heteroatoms.